The fourth-order valence-corrected chi connectivity index (χ4v) is 1.69. The van der Waals surface area contributed by atoms with Crippen molar-refractivity contribution >= 4 is 23.2 Å². The molecule has 5 nitrogen and oxygen atoms in total. The first-order chi connectivity index (χ1) is 8.81. The van der Waals surface area contributed by atoms with Crippen LogP contribution in [0.2, 0.25) is 5.28 Å². The van der Waals surface area contributed by atoms with Gasteiger partial charge in [-0.05, 0) is 30.5 Å². The van der Waals surface area contributed by atoms with Gasteiger partial charge in [0.25, 0.3) is 0 Å². The minimum atomic E-state index is 0. The molecule has 0 spiro atoms. The van der Waals surface area contributed by atoms with Crippen LogP contribution >= 0.6 is 11.6 Å². The fraction of sp³-hybridized carbons (Fsp3) is 0.333. The number of H-pyrrole nitrogens is 1. The first-order valence-electron chi connectivity index (χ1n) is 5.83. The van der Waals surface area contributed by atoms with Gasteiger partial charge in [0.1, 0.15) is 5.82 Å². The van der Waals surface area contributed by atoms with Crippen molar-refractivity contribution in [2.45, 2.75) is 25.7 Å². The predicted molar refractivity (Wildman–Crippen MR) is 71.9 cm³/mol. The zero-order chi connectivity index (χ0) is 13.0. The summed E-state index contributed by atoms with van der Waals surface area (Å²) in [5.74, 6) is 2.07. The summed E-state index contributed by atoms with van der Waals surface area (Å²) in [7, 11) is 0. The topological polar surface area (TPSA) is 66.5 Å². The molecule has 2 aromatic rings. The molecule has 0 unspecified atom stereocenters. The van der Waals surface area contributed by atoms with Crippen molar-refractivity contribution < 1.29 is 41.3 Å². The molecule has 2 heterocycles. The van der Waals surface area contributed by atoms with E-state index in [2.05, 4.69) is 32.4 Å². The summed E-state index contributed by atoms with van der Waals surface area (Å²) in [4.78, 5) is 7.84. The molecule has 0 amide bonds. The second-order valence-electron chi connectivity index (χ2n) is 3.82. The Bertz CT molecular complexity index is 512. The van der Waals surface area contributed by atoms with Gasteiger partial charge in [-0.3, -0.25) is 5.10 Å². The van der Waals surface area contributed by atoms with Crippen molar-refractivity contribution in [1.82, 2.24) is 20.2 Å². The smallest absolute Gasteiger partial charge is 0.224 e. The molecule has 1 aliphatic rings. The maximum atomic E-state index is 5.69. The summed E-state index contributed by atoms with van der Waals surface area (Å²) in [6.45, 7) is 5.00. The Hall–Kier alpha value is -0.256. The maximum absolute atomic E-state index is 5.69. The van der Waals surface area contributed by atoms with E-state index in [1.54, 1.807) is 19.2 Å². The Labute approximate surface area is 150 Å². The molecule has 1 radical (unpaired) electrons. The monoisotopic (exact) mass is 405 g/mol. The summed E-state index contributed by atoms with van der Waals surface area (Å²) >= 11 is 5.69. The van der Waals surface area contributed by atoms with Crippen molar-refractivity contribution in [1.29, 1.82) is 0 Å². The number of nitrogens with zero attached hydrogens (tertiary/aromatic N) is 3. The fourth-order valence-electron chi connectivity index (χ4n) is 1.54. The maximum Gasteiger partial charge on any atom is 0.224 e. The predicted octanol–water partition coefficient (Wildman–Crippen LogP) is 3.31. The van der Waals surface area contributed by atoms with Crippen LogP contribution in [0.5, 0.6) is 0 Å². The van der Waals surface area contributed by atoms with Crippen molar-refractivity contribution in [2.75, 3.05) is 5.32 Å². The van der Waals surface area contributed by atoms with Crippen LogP contribution in [-0.4, -0.2) is 20.2 Å². The normalized spacial score (nSPS) is 13.0. The van der Waals surface area contributed by atoms with Crippen LogP contribution in [0.3, 0.4) is 0 Å². The SMILES string of the molecule is Clc1nccc(Nc2cc(C3CC3)[nH]n2)n1.[CH2-]C.[Pr]. The van der Waals surface area contributed by atoms with E-state index in [9.17, 15) is 0 Å². The average Bonchev–Trinajstić information content (AvgIpc) is 3.13. The van der Waals surface area contributed by atoms with Crippen LogP contribution in [0.1, 0.15) is 31.4 Å². The van der Waals surface area contributed by atoms with Gasteiger partial charge in [0.05, 0.1) is 0 Å². The van der Waals surface area contributed by atoms with Crippen molar-refractivity contribution in [3.63, 3.8) is 0 Å². The molecule has 0 saturated heterocycles. The second kappa shape index (κ2) is 8.12. The molecule has 2 N–H and O–H groups in total. The Morgan fingerprint density at radius 3 is 2.74 bits per heavy atom. The average molecular weight is 406 g/mol. The number of anilines is 2. The quantitative estimate of drug-likeness (QED) is 0.607. The van der Waals surface area contributed by atoms with Gasteiger partial charge in [-0.15, -0.1) is 0 Å². The molecule has 0 aromatic carbocycles. The Kier molecular flexibility index (Phi) is 7.18. The van der Waals surface area contributed by atoms with Crippen LogP contribution in [0.25, 0.3) is 0 Å². The van der Waals surface area contributed by atoms with Gasteiger partial charge < -0.3 is 12.2 Å². The zero-order valence-corrected chi connectivity index (χ0v) is 15.2. The van der Waals surface area contributed by atoms with E-state index in [4.69, 9.17) is 11.6 Å². The number of nitrogens with one attached hydrogen (secondary N) is 2. The van der Waals surface area contributed by atoms with E-state index >= 15 is 0 Å². The molecule has 0 aliphatic heterocycles. The molecule has 99 valence electrons. The number of rotatable bonds is 3. The molecule has 2 aromatic heterocycles. The summed E-state index contributed by atoms with van der Waals surface area (Å²) < 4.78 is 0. The van der Waals surface area contributed by atoms with Crippen molar-refractivity contribution in [3.05, 3.63) is 36.2 Å². The first kappa shape index (κ1) is 16.8. The van der Waals surface area contributed by atoms with Crippen molar-refractivity contribution in [2.24, 2.45) is 0 Å². The standard InChI is InChI=1S/C10H10ClN5.C2H5.Pr/c11-10-12-4-3-8(14-10)13-9-5-7(15-16-9)6-1-2-6;1-2;/h3-6H,1-2H2,(H2,12,13,14,15,16);1H2,2H3;/q;-1;. The van der Waals surface area contributed by atoms with E-state index in [0.717, 1.165) is 5.82 Å². The first-order valence-corrected chi connectivity index (χ1v) is 6.20. The number of hydrogen-bond acceptors (Lipinski definition) is 4. The van der Waals surface area contributed by atoms with E-state index < -0.39 is 0 Å². The molecule has 3 rings (SSSR count). The molecule has 0 bridgehead atoms. The summed E-state index contributed by atoms with van der Waals surface area (Å²) in [6, 6.07) is 3.75. The van der Waals surface area contributed by atoms with Crippen LogP contribution < -0.4 is 5.32 Å². The van der Waals surface area contributed by atoms with Gasteiger partial charge in [0.15, 0.2) is 5.82 Å². The molecule has 7 heteroatoms. The Balaban J connectivity index is 0.000000576. The van der Waals surface area contributed by atoms with Gasteiger partial charge in [0.2, 0.25) is 5.28 Å². The second-order valence-corrected chi connectivity index (χ2v) is 4.16. The van der Waals surface area contributed by atoms with Crippen LogP contribution in [0, 0.1) is 48.2 Å². The van der Waals surface area contributed by atoms with Gasteiger partial charge >= 0.3 is 0 Å². The molecular weight excluding hydrogens is 391 g/mol. The molecular formula is C12H15ClN5Pr-. The Morgan fingerprint density at radius 2 is 2.11 bits per heavy atom. The minimum absolute atomic E-state index is 0. The zero-order valence-electron chi connectivity index (χ0n) is 10.7. The molecule has 0 atom stereocenters. The van der Waals surface area contributed by atoms with Crippen LogP contribution in [0.15, 0.2) is 18.3 Å². The third kappa shape index (κ3) is 4.97. The largest absolute Gasteiger partial charge is 0.346 e. The Morgan fingerprint density at radius 1 is 1.37 bits per heavy atom. The number of aromatic amines is 1. The van der Waals surface area contributed by atoms with Crippen LogP contribution in [0.4, 0.5) is 11.6 Å². The van der Waals surface area contributed by atoms with Crippen LogP contribution in [-0.2, 0) is 0 Å². The van der Waals surface area contributed by atoms with Gasteiger partial charge in [0, 0.05) is 65.2 Å². The van der Waals surface area contributed by atoms with Gasteiger partial charge in [-0.25, -0.2) is 9.97 Å². The minimum Gasteiger partial charge on any atom is -0.346 e. The van der Waals surface area contributed by atoms with Crippen molar-refractivity contribution in [3.8, 4) is 0 Å². The van der Waals surface area contributed by atoms with E-state index in [-0.39, 0.29) is 46.6 Å². The van der Waals surface area contributed by atoms with E-state index in [0.29, 0.717) is 11.7 Å². The molecule has 1 fully saturated rings. The molecule has 1 aliphatic carbocycles. The number of halogens is 1. The third-order valence-electron chi connectivity index (χ3n) is 2.50. The summed E-state index contributed by atoms with van der Waals surface area (Å²) in [6.07, 6.45) is 4.11. The molecule has 19 heavy (non-hydrogen) atoms. The van der Waals surface area contributed by atoms with Gasteiger partial charge in [-0.2, -0.15) is 12.0 Å². The number of aromatic nitrogens is 4. The number of hydrogen-bond donors (Lipinski definition) is 2. The summed E-state index contributed by atoms with van der Waals surface area (Å²) in [5, 5.41) is 10.5. The summed E-state index contributed by atoms with van der Waals surface area (Å²) in [5.41, 5.74) is 1.18. The van der Waals surface area contributed by atoms with Gasteiger partial charge in [-0.1, -0.05) is 0 Å². The van der Waals surface area contributed by atoms with E-state index in [1.165, 1.54) is 18.5 Å². The third-order valence-corrected chi connectivity index (χ3v) is 2.68. The van der Waals surface area contributed by atoms with E-state index in [1.807, 2.05) is 6.07 Å². The molecule has 1 saturated carbocycles.